The Balaban J connectivity index is 1.63. The van der Waals surface area contributed by atoms with Gasteiger partial charge in [-0.05, 0) is 36.4 Å². The minimum Gasteiger partial charge on any atom is -0.349 e. The molecular weight excluding hydrogens is 326 g/mol. The SMILES string of the molecule is CN(C)C(=O)C1CCN(C(=O)Cn2ccc3ccc(Cl)cc32)CC1. The zero-order valence-corrected chi connectivity index (χ0v) is 14.8. The van der Waals surface area contributed by atoms with E-state index in [4.69, 9.17) is 11.6 Å². The van der Waals surface area contributed by atoms with Gasteiger partial charge in [0.05, 0.1) is 0 Å². The summed E-state index contributed by atoms with van der Waals surface area (Å²) in [5, 5.41) is 1.74. The Morgan fingerprint density at radius 2 is 1.92 bits per heavy atom. The van der Waals surface area contributed by atoms with Crippen molar-refractivity contribution in [2.45, 2.75) is 19.4 Å². The van der Waals surface area contributed by atoms with E-state index in [2.05, 4.69) is 0 Å². The summed E-state index contributed by atoms with van der Waals surface area (Å²) in [4.78, 5) is 28.1. The molecule has 6 heteroatoms. The fourth-order valence-corrected chi connectivity index (χ4v) is 3.45. The van der Waals surface area contributed by atoms with Crippen molar-refractivity contribution in [2.24, 2.45) is 5.92 Å². The van der Waals surface area contributed by atoms with Crippen molar-refractivity contribution in [1.82, 2.24) is 14.4 Å². The van der Waals surface area contributed by atoms with Crippen LogP contribution in [-0.2, 0) is 16.1 Å². The summed E-state index contributed by atoms with van der Waals surface area (Å²) in [5.41, 5.74) is 0.966. The number of aromatic nitrogens is 1. The number of carbonyl (C=O) groups excluding carboxylic acids is 2. The van der Waals surface area contributed by atoms with Crippen LogP contribution >= 0.6 is 11.6 Å². The normalized spacial score (nSPS) is 15.7. The first-order valence-electron chi connectivity index (χ1n) is 8.19. The van der Waals surface area contributed by atoms with E-state index >= 15 is 0 Å². The molecule has 1 saturated heterocycles. The molecule has 1 aromatic carbocycles. The highest BCUT2D eigenvalue weighted by Crippen LogP contribution is 2.22. The maximum atomic E-state index is 12.6. The van der Waals surface area contributed by atoms with E-state index in [0.717, 1.165) is 23.7 Å². The van der Waals surface area contributed by atoms with Crippen LogP contribution in [0.5, 0.6) is 0 Å². The summed E-state index contributed by atoms with van der Waals surface area (Å²) < 4.78 is 1.93. The monoisotopic (exact) mass is 347 g/mol. The molecule has 1 aliphatic heterocycles. The molecular formula is C18H22ClN3O2. The van der Waals surface area contributed by atoms with Crippen LogP contribution in [0, 0.1) is 5.92 Å². The summed E-state index contributed by atoms with van der Waals surface area (Å²) in [6.45, 7) is 1.59. The quantitative estimate of drug-likeness (QED) is 0.856. The standard InChI is InChI=1S/C18H22ClN3O2/c1-20(2)18(24)14-6-8-21(9-7-14)17(23)12-22-10-5-13-3-4-15(19)11-16(13)22/h3-5,10-11,14H,6-9,12H2,1-2H3. The van der Waals surface area contributed by atoms with E-state index in [1.807, 2.05) is 39.9 Å². The topological polar surface area (TPSA) is 45.6 Å². The number of carbonyl (C=O) groups is 2. The Morgan fingerprint density at radius 3 is 2.58 bits per heavy atom. The van der Waals surface area contributed by atoms with Crippen molar-refractivity contribution < 1.29 is 9.59 Å². The Bertz CT molecular complexity index is 761. The average Bonchev–Trinajstić information content (AvgIpc) is 2.96. The molecule has 0 bridgehead atoms. The zero-order valence-electron chi connectivity index (χ0n) is 14.0. The molecule has 128 valence electrons. The van der Waals surface area contributed by atoms with Crippen LogP contribution in [0.1, 0.15) is 12.8 Å². The van der Waals surface area contributed by atoms with Gasteiger partial charge in [-0.1, -0.05) is 17.7 Å². The van der Waals surface area contributed by atoms with Gasteiger partial charge < -0.3 is 14.4 Å². The summed E-state index contributed by atoms with van der Waals surface area (Å²) in [7, 11) is 3.56. The van der Waals surface area contributed by atoms with E-state index in [-0.39, 0.29) is 17.7 Å². The van der Waals surface area contributed by atoms with Crippen LogP contribution in [0.4, 0.5) is 0 Å². The number of benzene rings is 1. The molecule has 24 heavy (non-hydrogen) atoms. The highest BCUT2D eigenvalue weighted by Gasteiger charge is 2.28. The molecule has 0 saturated carbocycles. The predicted molar refractivity (Wildman–Crippen MR) is 94.9 cm³/mol. The first-order chi connectivity index (χ1) is 11.5. The van der Waals surface area contributed by atoms with Crippen LogP contribution in [0.25, 0.3) is 10.9 Å². The second-order valence-electron chi connectivity index (χ2n) is 6.53. The molecule has 2 aromatic rings. The van der Waals surface area contributed by atoms with Crippen LogP contribution in [0.3, 0.4) is 0 Å². The van der Waals surface area contributed by atoms with Gasteiger partial charge in [0.2, 0.25) is 11.8 Å². The Labute approximate surface area is 146 Å². The maximum Gasteiger partial charge on any atom is 0.242 e. The molecule has 3 rings (SSSR count). The fourth-order valence-electron chi connectivity index (χ4n) is 3.28. The van der Waals surface area contributed by atoms with Crippen molar-refractivity contribution >= 4 is 34.3 Å². The second kappa shape index (κ2) is 6.85. The summed E-state index contributed by atoms with van der Waals surface area (Å²) >= 11 is 6.06. The van der Waals surface area contributed by atoms with Gasteiger partial charge in [-0.3, -0.25) is 9.59 Å². The molecule has 2 heterocycles. The number of rotatable bonds is 3. The zero-order chi connectivity index (χ0) is 17.3. The molecule has 0 radical (unpaired) electrons. The van der Waals surface area contributed by atoms with Gasteiger partial charge in [0.15, 0.2) is 0 Å². The van der Waals surface area contributed by atoms with Gasteiger partial charge in [-0.25, -0.2) is 0 Å². The highest BCUT2D eigenvalue weighted by molar-refractivity contribution is 6.31. The Kier molecular flexibility index (Phi) is 4.81. The van der Waals surface area contributed by atoms with Crippen molar-refractivity contribution in [3.05, 3.63) is 35.5 Å². The molecule has 1 aromatic heterocycles. The molecule has 2 amide bonds. The van der Waals surface area contributed by atoms with Gasteiger partial charge in [0.1, 0.15) is 6.54 Å². The van der Waals surface area contributed by atoms with Gasteiger partial charge >= 0.3 is 0 Å². The maximum absolute atomic E-state index is 12.6. The molecule has 0 spiro atoms. The minimum atomic E-state index is 0.0373. The van der Waals surface area contributed by atoms with Crippen molar-refractivity contribution in [2.75, 3.05) is 27.2 Å². The molecule has 0 aliphatic carbocycles. The van der Waals surface area contributed by atoms with Crippen LogP contribution in [-0.4, -0.2) is 53.4 Å². The third-order valence-electron chi connectivity index (χ3n) is 4.68. The van der Waals surface area contributed by atoms with Crippen LogP contribution in [0.2, 0.25) is 5.02 Å². The third-order valence-corrected chi connectivity index (χ3v) is 4.91. The second-order valence-corrected chi connectivity index (χ2v) is 6.97. The lowest BCUT2D eigenvalue weighted by atomic mass is 9.95. The summed E-state index contributed by atoms with van der Waals surface area (Å²) in [6, 6.07) is 7.67. The largest absolute Gasteiger partial charge is 0.349 e. The molecule has 5 nitrogen and oxygen atoms in total. The average molecular weight is 348 g/mol. The van der Waals surface area contributed by atoms with Gasteiger partial charge in [0.25, 0.3) is 0 Å². The number of hydrogen-bond donors (Lipinski definition) is 0. The minimum absolute atomic E-state index is 0.0373. The van der Waals surface area contributed by atoms with E-state index in [9.17, 15) is 9.59 Å². The number of hydrogen-bond acceptors (Lipinski definition) is 2. The van der Waals surface area contributed by atoms with Gasteiger partial charge in [-0.15, -0.1) is 0 Å². The predicted octanol–water partition coefficient (Wildman–Crippen LogP) is 2.62. The van der Waals surface area contributed by atoms with Gasteiger partial charge in [0, 0.05) is 49.8 Å². The molecule has 1 aliphatic rings. The molecule has 0 atom stereocenters. The Hall–Kier alpha value is -2.01. The first kappa shape index (κ1) is 16.8. The molecule has 1 fully saturated rings. The summed E-state index contributed by atoms with van der Waals surface area (Å²) in [6.07, 6.45) is 3.39. The Morgan fingerprint density at radius 1 is 1.21 bits per heavy atom. The van der Waals surface area contributed by atoms with Crippen molar-refractivity contribution in [3.8, 4) is 0 Å². The number of nitrogens with zero attached hydrogens (tertiary/aromatic N) is 3. The third kappa shape index (κ3) is 3.41. The van der Waals surface area contributed by atoms with Crippen LogP contribution < -0.4 is 0 Å². The van der Waals surface area contributed by atoms with E-state index in [1.165, 1.54) is 0 Å². The number of likely N-dealkylation sites (tertiary alicyclic amines) is 1. The fraction of sp³-hybridized carbons (Fsp3) is 0.444. The van der Waals surface area contributed by atoms with Crippen LogP contribution in [0.15, 0.2) is 30.5 Å². The lowest BCUT2D eigenvalue weighted by molar-refractivity contribution is -0.139. The molecule has 0 unspecified atom stereocenters. The van der Waals surface area contributed by atoms with Crippen molar-refractivity contribution in [1.29, 1.82) is 0 Å². The highest BCUT2D eigenvalue weighted by atomic mass is 35.5. The number of piperidine rings is 1. The van der Waals surface area contributed by atoms with Crippen molar-refractivity contribution in [3.63, 3.8) is 0 Å². The van der Waals surface area contributed by atoms with E-state index in [0.29, 0.717) is 24.7 Å². The van der Waals surface area contributed by atoms with Gasteiger partial charge in [-0.2, -0.15) is 0 Å². The summed E-state index contributed by atoms with van der Waals surface area (Å²) in [5.74, 6) is 0.284. The smallest absolute Gasteiger partial charge is 0.242 e. The number of halogens is 1. The van der Waals surface area contributed by atoms with E-state index < -0.39 is 0 Å². The van der Waals surface area contributed by atoms with E-state index in [1.54, 1.807) is 19.0 Å². The first-order valence-corrected chi connectivity index (χ1v) is 8.57. The number of fused-ring (bicyclic) bond motifs is 1. The lowest BCUT2D eigenvalue weighted by Gasteiger charge is -2.32. The lowest BCUT2D eigenvalue weighted by Crippen LogP contribution is -2.43. The number of amides is 2. The molecule has 0 N–H and O–H groups in total.